The standard InChI is InChI=1S/C19H19N5OS/c20-9-14(19-23-15-3-1-2-4-18(15)26-19)17(25)11-24-7-5-13(6-8-24)16-10-21-12-22-16/h1-4,10,12-14H,5-8,11H2,(H,21,22). The van der Waals surface area contributed by atoms with E-state index in [2.05, 4.69) is 25.9 Å². The van der Waals surface area contributed by atoms with Crippen LogP contribution in [0.3, 0.4) is 0 Å². The summed E-state index contributed by atoms with van der Waals surface area (Å²) in [6, 6.07) is 9.89. The van der Waals surface area contributed by atoms with Gasteiger partial charge in [0.05, 0.1) is 29.2 Å². The zero-order valence-corrected chi connectivity index (χ0v) is 15.1. The molecule has 0 aliphatic carbocycles. The Hall–Kier alpha value is -2.56. The van der Waals surface area contributed by atoms with Crippen LogP contribution in [0.5, 0.6) is 0 Å². The predicted octanol–water partition coefficient (Wildman–Crippen LogP) is 3.08. The van der Waals surface area contributed by atoms with Crippen molar-refractivity contribution in [2.24, 2.45) is 0 Å². The number of piperidine rings is 1. The molecule has 3 aromatic rings. The van der Waals surface area contributed by atoms with E-state index < -0.39 is 5.92 Å². The van der Waals surface area contributed by atoms with E-state index in [1.165, 1.54) is 17.0 Å². The van der Waals surface area contributed by atoms with Crippen LogP contribution in [0, 0.1) is 11.3 Å². The molecule has 1 aromatic carbocycles. The third-order valence-electron chi connectivity index (χ3n) is 4.93. The van der Waals surface area contributed by atoms with Crippen LogP contribution in [-0.4, -0.2) is 45.3 Å². The molecule has 0 amide bonds. The fraction of sp³-hybridized carbons (Fsp3) is 0.368. The number of fused-ring (bicyclic) bond motifs is 1. The SMILES string of the molecule is N#CC(C(=O)CN1CCC(c2cnc[nH]2)CC1)c1nc2ccccc2s1. The molecule has 6 nitrogen and oxygen atoms in total. The second kappa shape index (κ2) is 7.36. The average Bonchev–Trinajstić information content (AvgIpc) is 3.32. The molecule has 0 radical (unpaired) electrons. The lowest BCUT2D eigenvalue weighted by atomic mass is 9.93. The third kappa shape index (κ3) is 3.39. The first kappa shape index (κ1) is 16.9. The number of hydrogen-bond acceptors (Lipinski definition) is 6. The Kier molecular flexibility index (Phi) is 4.78. The molecule has 1 fully saturated rings. The largest absolute Gasteiger partial charge is 0.348 e. The number of aromatic amines is 1. The summed E-state index contributed by atoms with van der Waals surface area (Å²) in [6.07, 6.45) is 5.58. The Balaban J connectivity index is 1.40. The first-order chi connectivity index (χ1) is 12.7. The van der Waals surface area contributed by atoms with E-state index in [1.807, 2.05) is 30.5 Å². The number of ketones is 1. The first-order valence-electron chi connectivity index (χ1n) is 8.73. The molecule has 4 rings (SSSR count). The number of imidazole rings is 1. The van der Waals surface area contributed by atoms with Gasteiger partial charge in [0.2, 0.25) is 0 Å². The van der Waals surface area contributed by atoms with Gasteiger partial charge in [0, 0.05) is 17.8 Å². The Morgan fingerprint density at radius 3 is 2.88 bits per heavy atom. The highest BCUT2D eigenvalue weighted by Crippen LogP contribution is 2.29. The number of rotatable bonds is 5. The van der Waals surface area contributed by atoms with Crippen molar-refractivity contribution in [3.8, 4) is 6.07 Å². The second-order valence-corrected chi connectivity index (χ2v) is 7.67. The van der Waals surface area contributed by atoms with Crippen molar-refractivity contribution in [3.05, 3.63) is 47.5 Å². The smallest absolute Gasteiger partial charge is 0.170 e. The van der Waals surface area contributed by atoms with E-state index in [-0.39, 0.29) is 5.78 Å². The highest BCUT2D eigenvalue weighted by Gasteiger charge is 2.28. The van der Waals surface area contributed by atoms with Crippen LogP contribution < -0.4 is 0 Å². The van der Waals surface area contributed by atoms with Crippen LogP contribution >= 0.6 is 11.3 Å². The van der Waals surface area contributed by atoms with Crippen LogP contribution in [0.4, 0.5) is 0 Å². The van der Waals surface area contributed by atoms with Gasteiger partial charge in [-0.15, -0.1) is 11.3 Å². The van der Waals surface area contributed by atoms with Crippen LogP contribution in [0.15, 0.2) is 36.8 Å². The monoisotopic (exact) mass is 365 g/mol. The van der Waals surface area contributed by atoms with Crippen LogP contribution in [0.2, 0.25) is 0 Å². The Labute approximate surface area is 155 Å². The zero-order chi connectivity index (χ0) is 17.9. The summed E-state index contributed by atoms with van der Waals surface area (Å²) in [5.41, 5.74) is 2.02. The van der Waals surface area contributed by atoms with Crippen molar-refractivity contribution < 1.29 is 4.79 Å². The van der Waals surface area contributed by atoms with Crippen molar-refractivity contribution in [3.63, 3.8) is 0 Å². The highest BCUT2D eigenvalue weighted by atomic mass is 32.1. The van der Waals surface area contributed by atoms with Gasteiger partial charge in [-0.25, -0.2) is 9.97 Å². The lowest BCUT2D eigenvalue weighted by Crippen LogP contribution is -2.38. The molecule has 1 aliphatic rings. The van der Waals surface area contributed by atoms with Crippen molar-refractivity contribution in [1.82, 2.24) is 19.9 Å². The Morgan fingerprint density at radius 2 is 2.19 bits per heavy atom. The quantitative estimate of drug-likeness (QED) is 0.751. The minimum atomic E-state index is -0.780. The molecule has 1 aliphatic heterocycles. The van der Waals surface area contributed by atoms with Gasteiger partial charge >= 0.3 is 0 Å². The maximum Gasteiger partial charge on any atom is 0.170 e. The van der Waals surface area contributed by atoms with E-state index in [9.17, 15) is 10.1 Å². The van der Waals surface area contributed by atoms with Crippen LogP contribution in [0.1, 0.15) is 35.4 Å². The molecule has 1 atom stereocenters. The van der Waals surface area contributed by atoms with E-state index in [1.54, 1.807) is 6.33 Å². The van der Waals surface area contributed by atoms with Gasteiger partial charge < -0.3 is 4.98 Å². The third-order valence-corrected chi connectivity index (χ3v) is 6.04. The fourth-order valence-electron chi connectivity index (χ4n) is 3.48. The van der Waals surface area contributed by atoms with Crippen LogP contribution in [-0.2, 0) is 4.79 Å². The minimum absolute atomic E-state index is 0.0634. The van der Waals surface area contributed by atoms with E-state index in [0.717, 1.165) is 36.1 Å². The number of Topliss-reactive ketones (excluding diaryl/α,β-unsaturated/α-hetero) is 1. The Bertz CT molecular complexity index is 901. The second-order valence-electron chi connectivity index (χ2n) is 6.61. The molecule has 2 aromatic heterocycles. The number of nitriles is 1. The number of hydrogen-bond donors (Lipinski definition) is 1. The van der Waals surface area contributed by atoms with Gasteiger partial charge in [0.15, 0.2) is 11.7 Å². The molecule has 0 bridgehead atoms. The van der Waals surface area contributed by atoms with Gasteiger partial charge in [-0.1, -0.05) is 12.1 Å². The molecule has 1 saturated heterocycles. The number of aromatic nitrogens is 3. The highest BCUT2D eigenvalue weighted by molar-refractivity contribution is 7.18. The van der Waals surface area contributed by atoms with Gasteiger partial charge in [-0.05, 0) is 38.1 Å². The molecular weight excluding hydrogens is 346 g/mol. The van der Waals surface area contributed by atoms with Crippen molar-refractivity contribution >= 4 is 27.3 Å². The van der Waals surface area contributed by atoms with E-state index in [4.69, 9.17) is 0 Å². The lowest BCUT2D eigenvalue weighted by Gasteiger charge is -2.31. The number of para-hydroxylation sites is 1. The zero-order valence-electron chi connectivity index (χ0n) is 14.3. The normalized spacial score (nSPS) is 17.2. The molecule has 0 saturated carbocycles. The maximum absolute atomic E-state index is 12.7. The van der Waals surface area contributed by atoms with E-state index in [0.29, 0.717) is 17.5 Å². The summed E-state index contributed by atoms with van der Waals surface area (Å²) in [6.45, 7) is 2.02. The van der Waals surface area contributed by atoms with Gasteiger partial charge in [-0.3, -0.25) is 9.69 Å². The molecular formula is C19H19N5OS. The number of H-pyrrole nitrogens is 1. The number of thiazole rings is 1. The van der Waals surface area contributed by atoms with Crippen molar-refractivity contribution in [2.45, 2.75) is 24.7 Å². The number of carbonyl (C=O) groups excluding carboxylic acids is 1. The molecule has 1 unspecified atom stereocenters. The first-order valence-corrected chi connectivity index (χ1v) is 9.54. The molecule has 3 heterocycles. The number of carbonyl (C=O) groups is 1. The summed E-state index contributed by atoms with van der Waals surface area (Å²) in [5, 5.41) is 10.1. The van der Waals surface area contributed by atoms with Gasteiger partial charge in [0.1, 0.15) is 5.01 Å². The minimum Gasteiger partial charge on any atom is -0.348 e. The predicted molar refractivity (Wildman–Crippen MR) is 100.0 cm³/mol. The molecule has 1 N–H and O–H groups in total. The number of benzene rings is 1. The molecule has 26 heavy (non-hydrogen) atoms. The summed E-state index contributed by atoms with van der Waals surface area (Å²) < 4.78 is 1.01. The number of nitrogens with zero attached hydrogens (tertiary/aromatic N) is 4. The summed E-state index contributed by atoms with van der Waals surface area (Å²) in [5.74, 6) is -0.371. The molecule has 7 heteroatoms. The van der Waals surface area contributed by atoms with Crippen molar-refractivity contribution in [1.29, 1.82) is 5.26 Å². The van der Waals surface area contributed by atoms with Crippen LogP contribution in [0.25, 0.3) is 10.2 Å². The van der Waals surface area contributed by atoms with Gasteiger partial charge in [-0.2, -0.15) is 5.26 Å². The van der Waals surface area contributed by atoms with Crippen molar-refractivity contribution in [2.75, 3.05) is 19.6 Å². The average molecular weight is 365 g/mol. The number of nitrogens with one attached hydrogen (secondary N) is 1. The van der Waals surface area contributed by atoms with E-state index >= 15 is 0 Å². The topological polar surface area (TPSA) is 85.7 Å². The lowest BCUT2D eigenvalue weighted by molar-refractivity contribution is -0.120. The maximum atomic E-state index is 12.7. The molecule has 0 spiro atoms. The number of likely N-dealkylation sites (tertiary alicyclic amines) is 1. The Morgan fingerprint density at radius 1 is 1.38 bits per heavy atom. The molecule has 132 valence electrons. The summed E-state index contributed by atoms with van der Waals surface area (Å²) in [4.78, 5) is 26.6. The summed E-state index contributed by atoms with van der Waals surface area (Å²) >= 11 is 1.43. The fourth-order valence-corrected chi connectivity index (χ4v) is 4.52. The van der Waals surface area contributed by atoms with Gasteiger partial charge in [0.25, 0.3) is 0 Å². The summed E-state index contributed by atoms with van der Waals surface area (Å²) in [7, 11) is 0.